The summed E-state index contributed by atoms with van der Waals surface area (Å²) in [6.07, 6.45) is 67.6. The van der Waals surface area contributed by atoms with Crippen LogP contribution in [0.2, 0.25) is 0 Å². The summed E-state index contributed by atoms with van der Waals surface area (Å²) in [5.41, 5.74) is 0. The molecule has 0 aromatic heterocycles. The summed E-state index contributed by atoms with van der Waals surface area (Å²) in [6, 6.07) is 0. The fraction of sp³-hybridized carbons (Fsp3) is 0.815. The van der Waals surface area contributed by atoms with Crippen molar-refractivity contribution in [3.05, 3.63) is 61.8 Å². The topological polar surface area (TPSA) is 29.5 Å². The highest BCUT2D eigenvalue weighted by Gasteiger charge is 2.20. The Balaban J connectivity index is 4.61. The number of rotatable bonds is 47. The second-order valence-corrected chi connectivity index (χ2v) is 17.2. The van der Waals surface area contributed by atoms with E-state index in [4.69, 9.17) is 4.74 Å². The molecular formula is C54H100O2. The second-order valence-electron chi connectivity index (χ2n) is 17.2. The SMILES string of the molecule is C=CCCCCCCCCCCCCCC/C=C/C=C/[C@H](CCCCCC)O[C@@H](/C=C\CCCCCC)[C@H](O)CCCCCCCCCCCCCCCC=C. The molecule has 56 heavy (non-hydrogen) atoms. The Hall–Kier alpha value is -1.38. The van der Waals surface area contributed by atoms with Crippen LogP contribution in [0, 0.1) is 0 Å². The third-order valence-electron chi connectivity index (χ3n) is 11.6. The summed E-state index contributed by atoms with van der Waals surface area (Å²) < 4.78 is 6.76. The maximum atomic E-state index is 11.4. The van der Waals surface area contributed by atoms with Crippen molar-refractivity contribution in [3.63, 3.8) is 0 Å². The highest BCUT2D eigenvalue weighted by Crippen LogP contribution is 2.20. The van der Waals surface area contributed by atoms with Gasteiger partial charge in [-0.1, -0.05) is 249 Å². The lowest BCUT2D eigenvalue weighted by Crippen LogP contribution is -2.31. The van der Waals surface area contributed by atoms with Gasteiger partial charge in [0.2, 0.25) is 0 Å². The number of hydrogen-bond acceptors (Lipinski definition) is 2. The van der Waals surface area contributed by atoms with Crippen molar-refractivity contribution >= 4 is 0 Å². The monoisotopic (exact) mass is 781 g/mol. The van der Waals surface area contributed by atoms with E-state index in [2.05, 4.69) is 69.5 Å². The normalized spacial score (nSPS) is 13.7. The molecule has 2 heteroatoms. The van der Waals surface area contributed by atoms with Crippen LogP contribution in [0.25, 0.3) is 0 Å². The quantitative estimate of drug-likeness (QED) is 0.0379. The van der Waals surface area contributed by atoms with Gasteiger partial charge in [0.05, 0.1) is 12.2 Å². The van der Waals surface area contributed by atoms with Crippen LogP contribution >= 0.6 is 0 Å². The van der Waals surface area contributed by atoms with Crippen LogP contribution in [0.3, 0.4) is 0 Å². The van der Waals surface area contributed by atoms with Gasteiger partial charge in [-0.3, -0.25) is 0 Å². The first-order valence-electron chi connectivity index (χ1n) is 25.2. The maximum Gasteiger partial charge on any atom is 0.102 e. The van der Waals surface area contributed by atoms with Gasteiger partial charge in [-0.2, -0.15) is 0 Å². The molecule has 0 spiro atoms. The van der Waals surface area contributed by atoms with Crippen LogP contribution in [0.15, 0.2) is 61.8 Å². The van der Waals surface area contributed by atoms with E-state index in [1.807, 2.05) is 6.08 Å². The average Bonchev–Trinajstić information content (AvgIpc) is 3.20. The number of hydrogen-bond donors (Lipinski definition) is 1. The van der Waals surface area contributed by atoms with Crippen molar-refractivity contribution in [1.82, 2.24) is 0 Å². The number of unbranched alkanes of at least 4 members (excludes halogenated alkanes) is 33. The molecule has 0 saturated carbocycles. The van der Waals surface area contributed by atoms with E-state index in [0.29, 0.717) is 0 Å². The smallest absolute Gasteiger partial charge is 0.102 e. The van der Waals surface area contributed by atoms with E-state index < -0.39 is 6.10 Å². The van der Waals surface area contributed by atoms with E-state index >= 15 is 0 Å². The Labute approximate surface area is 353 Å². The van der Waals surface area contributed by atoms with Crippen molar-refractivity contribution in [2.45, 2.75) is 283 Å². The Morgan fingerprint density at radius 1 is 0.393 bits per heavy atom. The largest absolute Gasteiger partial charge is 0.390 e. The van der Waals surface area contributed by atoms with Crippen LogP contribution in [-0.4, -0.2) is 23.4 Å². The zero-order valence-electron chi connectivity index (χ0n) is 38.2. The molecule has 1 N–H and O–H groups in total. The van der Waals surface area contributed by atoms with Crippen LogP contribution < -0.4 is 0 Å². The molecule has 0 unspecified atom stereocenters. The van der Waals surface area contributed by atoms with E-state index in [0.717, 1.165) is 32.1 Å². The lowest BCUT2D eigenvalue weighted by Gasteiger charge is -2.25. The highest BCUT2D eigenvalue weighted by molar-refractivity contribution is 5.06. The summed E-state index contributed by atoms with van der Waals surface area (Å²) in [5, 5.41) is 11.4. The molecule has 0 aliphatic heterocycles. The van der Waals surface area contributed by atoms with Crippen LogP contribution in [0.1, 0.15) is 264 Å². The van der Waals surface area contributed by atoms with E-state index in [1.54, 1.807) is 0 Å². The Morgan fingerprint density at radius 3 is 1.20 bits per heavy atom. The molecule has 0 fully saturated rings. The first kappa shape index (κ1) is 54.6. The van der Waals surface area contributed by atoms with E-state index in [-0.39, 0.29) is 12.2 Å². The van der Waals surface area contributed by atoms with Crippen LogP contribution in [0.5, 0.6) is 0 Å². The second kappa shape index (κ2) is 48.0. The van der Waals surface area contributed by atoms with Gasteiger partial charge in [0.1, 0.15) is 6.10 Å². The van der Waals surface area contributed by atoms with Gasteiger partial charge in [-0.25, -0.2) is 0 Å². The maximum absolute atomic E-state index is 11.4. The third kappa shape index (κ3) is 42.2. The van der Waals surface area contributed by atoms with Crippen molar-refractivity contribution < 1.29 is 9.84 Å². The Bertz CT molecular complexity index is 855. The molecule has 0 heterocycles. The predicted molar refractivity (Wildman–Crippen MR) is 254 cm³/mol. The van der Waals surface area contributed by atoms with Gasteiger partial charge < -0.3 is 9.84 Å². The standard InChI is InChI=1S/C54H100O2/c1-5-9-13-17-20-22-24-26-28-29-30-32-33-35-37-39-41-45-49-52(48-44-16-12-8-4)56-54(51-47-43-19-15-11-7-3)53(55)50-46-42-40-38-36-34-31-27-25-23-21-18-14-10-6-2/h5-6,39,41,45,47,49,51-55H,1-2,7-38,40,42-44,46,48,50H2,3-4H3/b41-39+,49-45+,51-47-/t52-,53+,54-/m0/s1. The highest BCUT2D eigenvalue weighted by atomic mass is 16.5. The van der Waals surface area contributed by atoms with Gasteiger partial charge in [0, 0.05) is 0 Å². The molecule has 0 bridgehead atoms. The first-order chi connectivity index (χ1) is 27.7. The van der Waals surface area contributed by atoms with Crippen LogP contribution in [0.4, 0.5) is 0 Å². The fourth-order valence-corrected chi connectivity index (χ4v) is 7.80. The molecule has 0 aliphatic carbocycles. The third-order valence-corrected chi connectivity index (χ3v) is 11.6. The molecule has 0 aromatic carbocycles. The summed E-state index contributed by atoms with van der Waals surface area (Å²) in [5.74, 6) is 0. The van der Waals surface area contributed by atoms with E-state index in [1.165, 1.54) is 218 Å². The zero-order valence-corrected chi connectivity index (χ0v) is 38.2. The molecule has 0 aromatic rings. The molecule has 0 amide bonds. The minimum Gasteiger partial charge on any atom is -0.390 e. The fourth-order valence-electron chi connectivity index (χ4n) is 7.80. The average molecular weight is 781 g/mol. The van der Waals surface area contributed by atoms with Gasteiger partial charge in [-0.05, 0) is 64.2 Å². The van der Waals surface area contributed by atoms with Crippen molar-refractivity contribution in [2.75, 3.05) is 0 Å². The van der Waals surface area contributed by atoms with Crippen molar-refractivity contribution in [2.24, 2.45) is 0 Å². The lowest BCUT2D eigenvalue weighted by molar-refractivity contribution is -0.0417. The Kier molecular flexibility index (Phi) is 46.8. The van der Waals surface area contributed by atoms with Crippen LogP contribution in [-0.2, 0) is 4.74 Å². The molecule has 0 aliphatic rings. The van der Waals surface area contributed by atoms with E-state index in [9.17, 15) is 5.11 Å². The summed E-state index contributed by atoms with van der Waals surface area (Å²) in [7, 11) is 0. The van der Waals surface area contributed by atoms with Gasteiger partial charge in [0.15, 0.2) is 0 Å². The van der Waals surface area contributed by atoms with Gasteiger partial charge in [0.25, 0.3) is 0 Å². The first-order valence-corrected chi connectivity index (χ1v) is 25.2. The summed E-state index contributed by atoms with van der Waals surface area (Å²) in [6.45, 7) is 12.2. The van der Waals surface area contributed by atoms with Crippen molar-refractivity contribution in [1.29, 1.82) is 0 Å². The summed E-state index contributed by atoms with van der Waals surface area (Å²) in [4.78, 5) is 0. The molecule has 2 nitrogen and oxygen atoms in total. The predicted octanol–water partition coefficient (Wildman–Crippen LogP) is 18.4. The number of allylic oxidation sites excluding steroid dienone is 6. The molecule has 0 radical (unpaired) electrons. The van der Waals surface area contributed by atoms with Gasteiger partial charge >= 0.3 is 0 Å². The molecule has 328 valence electrons. The summed E-state index contributed by atoms with van der Waals surface area (Å²) >= 11 is 0. The molecule has 0 saturated heterocycles. The van der Waals surface area contributed by atoms with Crippen molar-refractivity contribution in [3.8, 4) is 0 Å². The van der Waals surface area contributed by atoms with Gasteiger partial charge in [-0.15, -0.1) is 13.2 Å². The molecule has 3 atom stereocenters. The minimum absolute atomic E-state index is 0.0513. The minimum atomic E-state index is -0.432. The lowest BCUT2D eigenvalue weighted by atomic mass is 10.0. The zero-order chi connectivity index (χ0) is 40.7. The number of ether oxygens (including phenoxy) is 1. The Morgan fingerprint density at radius 2 is 0.750 bits per heavy atom. The number of aliphatic hydroxyl groups excluding tert-OH is 1. The molecular weight excluding hydrogens is 681 g/mol. The molecule has 0 rings (SSSR count). The number of aliphatic hydroxyl groups is 1.